The molecule has 1 aromatic heterocycles. The monoisotopic (exact) mass is 394 g/mol. The molecule has 0 fully saturated rings. The quantitative estimate of drug-likeness (QED) is 0.629. The van der Waals surface area contributed by atoms with E-state index < -0.39 is 5.56 Å². The minimum Gasteiger partial charge on any atom is -0.496 e. The van der Waals surface area contributed by atoms with E-state index in [0.717, 1.165) is 16.7 Å². The molecule has 0 bridgehead atoms. The van der Waals surface area contributed by atoms with Crippen molar-refractivity contribution >= 4 is 34.8 Å². The zero-order valence-electron chi connectivity index (χ0n) is 13.2. The molecule has 0 amide bonds. The van der Waals surface area contributed by atoms with Gasteiger partial charge in [0, 0.05) is 10.6 Å². The van der Waals surface area contributed by atoms with Crippen LogP contribution in [0.25, 0.3) is 11.1 Å². The van der Waals surface area contributed by atoms with E-state index in [2.05, 4.69) is 5.10 Å². The third-order valence-corrected chi connectivity index (χ3v) is 4.66. The normalized spacial score (nSPS) is 10.7. The Morgan fingerprint density at radius 3 is 2.64 bits per heavy atom. The van der Waals surface area contributed by atoms with Crippen LogP contribution in [0.2, 0.25) is 15.1 Å². The number of rotatable bonds is 4. The Morgan fingerprint density at radius 2 is 1.92 bits per heavy atom. The SMILES string of the molecule is COc1ccc(Cn2ncc(Cl)c(Cl)c2=O)cc1-c1cccc(Cl)c1. The molecule has 0 N–H and O–H groups in total. The number of hydrogen-bond acceptors (Lipinski definition) is 3. The predicted octanol–water partition coefficient (Wildman–Crippen LogP) is 4.93. The van der Waals surface area contributed by atoms with Gasteiger partial charge in [0.05, 0.1) is 24.9 Å². The second-order valence-corrected chi connectivity index (χ2v) is 6.54. The smallest absolute Gasteiger partial charge is 0.287 e. The third kappa shape index (κ3) is 3.82. The van der Waals surface area contributed by atoms with Crippen molar-refractivity contribution < 1.29 is 4.74 Å². The van der Waals surface area contributed by atoms with Gasteiger partial charge in [-0.15, -0.1) is 0 Å². The van der Waals surface area contributed by atoms with Gasteiger partial charge in [0.2, 0.25) is 0 Å². The van der Waals surface area contributed by atoms with Gasteiger partial charge in [0.15, 0.2) is 0 Å². The Labute approximate surface area is 159 Å². The van der Waals surface area contributed by atoms with Crippen LogP contribution < -0.4 is 10.3 Å². The highest BCUT2D eigenvalue weighted by atomic mass is 35.5. The maximum Gasteiger partial charge on any atom is 0.287 e. The molecule has 0 aliphatic rings. The second kappa shape index (κ2) is 7.48. The van der Waals surface area contributed by atoms with Crippen LogP contribution in [0.1, 0.15) is 5.56 Å². The van der Waals surface area contributed by atoms with E-state index >= 15 is 0 Å². The van der Waals surface area contributed by atoms with E-state index in [-0.39, 0.29) is 16.6 Å². The molecule has 3 rings (SSSR count). The van der Waals surface area contributed by atoms with E-state index in [0.29, 0.717) is 10.8 Å². The Balaban J connectivity index is 2.03. The van der Waals surface area contributed by atoms with Crippen LogP contribution in [0.15, 0.2) is 53.5 Å². The molecule has 0 aliphatic heterocycles. The number of ether oxygens (including phenoxy) is 1. The topological polar surface area (TPSA) is 44.1 Å². The van der Waals surface area contributed by atoms with Crippen molar-refractivity contribution in [1.82, 2.24) is 9.78 Å². The summed E-state index contributed by atoms with van der Waals surface area (Å²) in [5, 5.41) is 4.76. The lowest BCUT2D eigenvalue weighted by molar-refractivity contribution is 0.416. The molecule has 128 valence electrons. The van der Waals surface area contributed by atoms with Crippen molar-refractivity contribution in [2.75, 3.05) is 7.11 Å². The lowest BCUT2D eigenvalue weighted by atomic mass is 10.0. The molecule has 0 atom stereocenters. The van der Waals surface area contributed by atoms with Crippen molar-refractivity contribution in [2.45, 2.75) is 6.54 Å². The van der Waals surface area contributed by atoms with Crippen LogP contribution in [-0.4, -0.2) is 16.9 Å². The first-order valence-electron chi connectivity index (χ1n) is 7.33. The first kappa shape index (κ1) is 17.8. The van der Waals surface area contributed by atoms with Crippen molar-refractivity contribution in [1.29, 1.82) is 0 Å². The number of halogens is 3. The first-order chi connectivity index (χ1) is 12.0. The molecular weight excluding hydrogens is 383 g/mol. The van der Waals surface area contributed by atoms with Gasteiger partial charge in [-0.25, -0.2) is 4.68 Å². The van der Waals surface area contributed by atoms with Gasteiger partial charge in [-0.05, 0) is 35.4 Å². The number of aromatic nitrogens is 2. The Kier molecular flexibility index (Phi) is 5.33. The Morgan fingerprint density at radius 1 is 1.12 bits per heavy atom. The van der Waals surface area contributed by atoms with Crippen LogP contribution in [0, 0.1) is 0 Å². The van der Waals surface area contributed by atoms with Gasteiger partial charge in [-0.3, -0.25) is 4.79 Å². The maximum absolute atomic E-state index is 12.2. The fraction of sp³-hybridized carbons (Fsp3) is 0.111. The Bertz CT molecular complexity index is 986. The van der Waals surface area contributed by atoms with E-state index in [1.54, 1.807) is 13.2 Å². The standard InChI is InChI=1S/C18H13Cl3N2O2/c1-25-16-6-5-11(7-14(16)12-3-2-4-13(19)8-12)10-23-18(24)17(21)15(20)9-22-23/h2-9H,10H2,1H3. The minimum absolute atomic E-state index is 0.0414. The van der Waals surface area contributed by atoms with Crippen molar-refractivity contribution in [2.24, 2.45) is 0 Å². The zero-order valence-corrected chi connectivity index (χ0v) is 15.4. The van der Waals surface area contributed by atoms with Gasteiger partial charge < -0.3 is 4.74 Å². The predicted molar refractivity (Wildman–Crippen MR) is 101 cm³/mol. The first-order valence-corrected chi connectivity index (χ1v) is 8.47. The molecule has 0 saturated carbocycles. The molecule has 0 radical (unpaired) electrons. The molecule has 1 heterocycles. The lowest BCUT2D eigenvalue weighted by Crippen LogP contribution is -2.23. The van der Waals surface area contributed by atoms with Gasteiger partial charge in [-0.1, -0.05) is 53.0 Å². The number of benzene rings is 2. The fourth-order valence-electron chi connectivity index (χ4n) is 2.47. The molecule has 25 heavy (non-hydrogen) atoms. The van der Waals surface area contributed by atoms with E-state index in [1.165, 1.54) is 10.9 Å². The summed E-state index contributed by atoms with van der Waals surface area (Å²) in [5.41, 5.74) is 2.22. The highest BCUT2D eigenvalue weighted by molar-refractivity contribution is 6.41. The molecule has 0 spiro atoms. The summed E-state index contributed by atoms with van der Waals surface area (Å²) in [5.74, 6) is 0.709. The number of methoxy groups -OCH3 is 1. The minimum atomic E-state index is -0.436. The van der Waals surface area contributed by atoms with E-state index in [4.69, 9.17) is 39.5 Å². The van der Waals surface area contributed by atoms with Gasteiger partial charge in [-0.2, -0.15) is 5.10 Å². The van der Waals surface area contributed by atoms with E-state index in [9.17, 15) is 4.79 Å². The molecule has 3 aromatic rings. The van der Waals surface area contributed by atoms with Crippen LogP contribution >= 0.6 is 34.8 Å². The third-order valence-electron chi connectivity index (χ3n) is 3.67. The van der Waals surface area contributed by atoms with Crippen LogP contribution in [-0.2, 0) is 6.54 Å². The molecule has 0 aliphatic carbocycles. The van der Waals surface area contributed by atoms with E-state index in [1.807, 2.05) is 36.4 Å². The highest BCUT2D eigenvalue weighted by Gasteiger charge is 2.11. The summed E-state index contributed by atoms with van der Waals surface area (Å²) < 4.78 is 6.70. The number of nitrogens with zero attached hydrogens (tertiary/aromatic N) is 2. The summed E-state index contributed by atoms with van der Waals surface area (Å²) in [4.78, 5) is 12.2. The largest absolute Gasteiger partial charge is 0.496 e. The van der Waals surface area contributed by atoms with Crippen molar-refractivity contribution in [3.05, 3.63) is 79.6 Å². The van der Waals surface area contributed by atoms with Crippen molar-refractivity contribution in [3.63, 3.8) is 0 Å². The van der Waals surface area contributed by atoms with Crippen LogP contribution in [0.3, 0.4) is 0 Å². The highest BCUT2D eigenvalue weighted by Crippen LogP contribution is 2.32. The molecule has 7 heteroatoms. The summed E-state index contributed by atoms with van der Waals surface area (Å²) in [7, 11) is 1.61. The lowest BCUT2D eigenvalue weighted by Gasteiger charge is -2.12. The van der Waals surface area contributed by atoms with Crippen LogP contribution in [0.4, 0.5) is 0 Å². The summed E-state index contributed by atoms with van der Waals surface area (Å²) in [6, 6.07) is 13.1. The van der Waals surface area contributed by atoms with Gasteiger partial charge in [0.1, 0.15) is 10.8 Å². The maximum atomic E-state index is 12.2. The summed E-state index contributed by atoms with van der Waals surface area (Å²) in [6.45, 7) is 0.257. The Hall–Kier alpha value is -2.01. The fourth-order valence-corrected chi connectivity index (χ4v) is 2.93. The summed E-state index contributed by atoms with van der Waals surface area (Å²) >= 11 is 17.8. The molecule has 0 unspecified atom stereocenters. The summed E-state index contributed by atoms with van der Waals surface area (Å²) in [6.07, 6.45) is 1.35. The second-order valence-electron chi connectivity index (χ2n) is 5.31. The molecule has 2 aromatic carbocycles. The van der Waals surface area contributed by atoms with Gasteiger partial charge in [0.25, 0.3) is 5.56 Å². The zero-order chi connectivity index (χ0) is 18.0. The average Bonchev–Trinajstić information content (AvgIpc) is 2.62. The molecule has 4 nitrogen and oxygen atoms in total. The van der Waals surface area contributed by atoms with Crippen LogP contribution in [0.5, 0.6) is 5.75 Å². The van der Waals surface area contributed by atoms with Gasteiger partial charge >= 0.3 is 0 Å². The number of hydrogen-bond donors (Lipinski definition) is 0. The average molecular weight is 396 g/mol. The molecular formula is C18H13Cl3N2O2. The van der Waals surface area contributed by atoms with Crippen molar-refractivity contribution in [3.8, 4) is 16.9 Å². The molecule has 0 saturated heterocycles.